The number of fused-ring (bicyclic) bond motifs is 1. The molecule has 1 atom stereocenters. The van der Waals surface area contributed by atoms with Crippen LogP contribution in [0.25, 0.3) is 10.2 Å². The molecule has 0 aliphatic carbocycles. The van der Waals surface area contributed by atoms with Crippen LogP contribution in [0.3, 0.4) is 0 Å². The van der Waals surface area contributed by atoms with Crippen molar-refractivity contribution in [2.45, 2.75) is 39.2 Å². The largest absolute Gasteiger partial charge is 0.333 e. The molecule has 1 N–H and O–H groups in total. The van der Waals surface area contributed by atoms with Crippen molar-refractivity contribution < 1.29 is 4.79 Å². The Kier molecular flexibility index (Phi) is 4.32. The second-order valence-electron chi connectivity index (χ2n) is 6.66. The molecular formula is C19H20N4O2S. The van der Waals surface area contributed by atoms with E-state index in [1.807, 2.05) is 23.1 Å². The van der Waals surface area contributed by atoms with Crippen LogP contribution in [-0.2, 0) is 11.2 Å². The van der Waals surface area contributed by atoms with Gasteiger partial charge in [0.1, 0.15) is 10.8 Å². The number of aryl methyl sites for hydroxylation is 2. The van der Waals surface area contributed by atoms with Crippen molar-refractivity contribution >= 4 is 27.5 Å². The predicted octanol–water partition coefficient (Wildman–Crippen LogP) is 2.90. The lowest BCUT2D eigenvalue weighted by Gasteiger charge is -2.23. The average Bonchev–Trinajstić information content (AvgIpc) is 3.23. The zero-order valence-corrected chi connectivity index (χ0v) is 15.6. The van der Waals surface area contributed by atoms with Crippen molar-refractivity contribution in [3.05, 3.63) is 56.7 Å². The van der Waals surface area contributed by atoms with E-state index in [4.69, 9.17) is 4.98 Å². The topological polar surface area (TPSA) is 79.0 Å². The summed E-state index contributed by atoms with van der Waals surface area (Å²) in [6.07, 6.45) is 1.94. The molecule has 3 aromatic rings. The van der Waals surface area contributed by atoms with Gasteiger partial charge in [-0.3, -0.25) is 9.59 Å². The van der Waals surface area contributed by atoms with Gasteiger partial charge in [0.25, 0.3) is 5.56 Å². The van der Waals surface area contributed by atoms with Gasteiger partial charge in [-0.2, -0.15) is 0 Å². The second kappa shape index (κ2) is 6.64. The molecule has 6 nitrogen and oxygen atoms in total. The molecule has 1 fully saturated rings. The number of carbonyl (C=O) groups excluding carboxylic acids is 1. The Balaban J connectivity index is 1.60. The number of benzene rings is 1. The van der Waals surface area contributed by atoms with Gasteiger partial charge in [-0.25, -0.2) is 9.97 Å². The lowest BCUT2D eigenvalue weighted by atomic mass is 10.1. The zero-order valence-electron chi connectivity index (χ0n) is 14.8. The van der Waals surface area contributed by atoms with Gasteiger partial charge in [-0.15, -0.1) is 11.3 Å². The van der Waals surface area contributed by atoms with Crippen LogP contribution in [0.1, 0.15) is 41.0 Å². The molecule has 0 radical (unpaired) electrons. The lowest BCUT2D eigenvalue weighted by Crippen LogP contribution is -2.34. The fraction of sp³-hybridized carbons (Fsp3) is 0.368. The van der Waals surface area contributed by atoms with Crippen molar-refractivity contribution in [1.29, 1.82) is 0 Å². The number of nitrogens with zero attached hydrogens (tertiary/aromatic N) is 3. The first kappa shape index (κ1) is 16.9. The molecule has 26 heavy (non-hydrogen) atoms. The molecule has 1 amide bonds. The van der Waals surface area contributed by atoms with E-state index in [9.17, 15) is 9.59 Å². The van der Waals surface area contributed by atoms with Crippen molar-refractivity contribution in [1.82, 2.24) is 19.9 Å². The smallest absolute Gasteiger partial charge is 0.254 e. The maximum atomic E-state index is 12.9. The summed E-state index contributed by atoms with van der Waals surface area (Å²) in [7, 11) is 0. The number of hydrogen-bond acceptors (Lipinski definition) is 5. The minimum atomic E-state index is -0.223. The number of thiazole rings is 1. The van der Waals surface area contributed by atoms with Crippen LogP contribution in [0.2, 0.25) is 0 Å². The molecule has 7 heteroatoms. The van der Waals surface area contributed by atoms with Crippen LogP contribution < -0.4 is 5.56 Å². The molecule has 1 unspecified atom stereocenters. The van der Waals surface area contributed by atoms with Crippen LogP contribution in [0.15, 0.2) is 29.1 Å². The number of rotatable bonds is 3. The summed E-state index contributed by atoms with van der Waals surface area (Å²) >= 11 is 1.65. The Morgan fingerprint density at radius 2 is 2.12 bits per heavy atom. The highest BCUT2D eigenvalue weighted by atomic mass is 32.1. The highest BCUT2D eigenvalue weighted by molar-refractivity contribution is 7.18. The highest BCUT2D eigenvalue weighted by Gasteiger charge is 2.32. The Morgan fingerprint density at radius 3 is 2.88 bits per heavy atom. The fourth-order valence-corrected chi connectivity index (χ4v) is 4.68. The molecule has 1 aliphatic heterocycles. The molecule has 3 heterocycles. The number of amides is 1. The van der Waals surface area contributed by atoms with Gasteiger partial charge in [0.2, 0.25) is 5.91 Å². The fourth-order valence-electron chi connectivity index (χ4n) is 3.57. The van der Waals surface area contributed by atoms with Gasteiger partial charge in [0.05, 0.1) is 22.7 Å². The molecule has 0 bridgehead atoms. The molecule has 1 aliphatic rings. The number of para-hydroxylation sites is 1. The summed E-state index contributed by atoms with van der Waals surface area (Å²) in [5, 5.41) is 0.977. The zero-order chi connectivity index (χ0) is 18.3. The van der Waals surface area contributed by atoms with Crippen LogP contribution in [0.4, 0.5) is 0 Å². The molecular weight excluding hydrogens is 348 g/mol. The molecule has 4 rings (SSSR count). The third-order valence-corrected chi connectivity index (χ3v) is 5.97. The summed E-state index contributed by atoms with van der Waals surface area (Å²) in [6.45, 7) is 4.22. The predicted molar refractivity (Wildman–Crippen MR) is 101 cm³/mol. The van der Waals surface area contributed by atoms with E-state index in [0.29, 0.717) is 23.6 Å². The first-order valence-electron chi connectivity index (χ1n) is 8.74. The van der Waals surface area contributed by atoms with Crippen molar-refractivity contribution in [2.24, 2.45) is 0 Å². The van der Waals surface area contributed by atoms with Gasteiger partial charge in [-0.05, 0) is 38.8 Å². The Morgan fingerprint density at radius 1 is 1.31 bits per heavy atom. The Labute approximate surface area is 154 Å². The molecule has 1 saturated heterocycles. The van der Waals surface area contributed by atoms with Crippen molar-refractivity contribution in [3.63, 3.8) is 0 Å². The van der Waals surface area contributed by atoms with Gasteiger partial charge < -0.3 is 9.88 Å². The van der Waals surface area contributed by atoms with Gasteiger partial charge in [0, 0.05) is 17.8 Å². The molecule has 2 aromatic heterocycles. The van der Waals surface area contributed by atoms with Gasteiger partial charge in [0.15, 0.2) is 0 Å². The number of aromatic amines is 1. The maximum absolute atomic E-state index is 12.9. The number of carbonyl (C=O) groups is 1. The minimum Gasteiger partial charge on any atom is -0.333 e. The van der Waals surface area contributed by atoms with Crippen LogP contribution >= 0.6 is 11.3 Å². The number of aromatic nitrogens is 3. The SMILES string of the molecule is Cc1nc(C)c(CC(=O)N2CCCC2c2nc3ccccc3s2)c(=O)[nH]1. The van der Waals surface area contributed by atoms with E-state index in [0.717, 1.165) is 28.1 Å². The Hall–Kier alpha value is -2.54. The number of H-pyrrole nitrogens is 1. The summed E-state index contributed by atoms with van der Waals surface area (Å²) in [5.41, 5.74) is 1.83. The van der Waals surface area contributed by atoms with E-state index >= 15 is 0 Å². The minimum absolute atomic E-state index is 0.00213. The van der Waals surface area contributed by atoms with Gasteiger partial charge in [-0.1, -0.05) is 12.1 Å². The number of nitrogens with one attached hydrogen (secondary N) is 1. The molecule has 0 saturated carbocycles. The number of likely N-dealkylation sites (tertiary alicyclic amines) is 1. The van der Waals surface area contributed by atoms with Crippen LogP contribution in [0.5, 0.6) is 0 Å². The van der Waals surface area contributed by atoms with E-state index in [1.54, 1.807) is 25.2 Å². The third kappa shape index (κ3) is 3.03. The maximum Gasteiger partial charge on any atom is 0.254 e. The summed E-state index contributed by atoms with van der Waals surface area (Å²) < 4.78 is 1.14. The average molecular weight is 368 g/mol. The lowest BCUT2D eigenvalue weighted by molar-refractivity contribution is -0.131. The van der Waals surface area contributed by atoms with Crippen LogP contribution in [-0.4, -0.2) is 32.3 Å². The van der Waals surface area contributed by atoms with E-state index in [2.05, 4.69) is 16.0 Å². The second-order valence-corrected chi connectivity index (χ2v) is 7.72. The van der Waals surface area contributed by atoms with E-state index in [-0.39, 0.29) is 23.9 Å². The van der Waals surface area contributed by atoms with Crippen molar-refractivity contribution in [3.8, 4) is 0 Å². The molecule has 1 aromatic carbocycles. The summed E-state index contributed by atoms with van der Waals surface area (Å²) in [6, 6.07) is 8.03. The highest BCUT2D eigenvalue weighted by Crippen LogP contribution is 2.36. The van der Waals surface area contributed by atoms with Gasteiger partial charge >= 0.3 is 0 Å². The number of hydrogen-bond donors (Lipinski definition) is 1. The summed E-state index contributed by atoms with van der Waals surface area (Å²) in [5.74, 6) is 0.531. The van der Waals surface area contributed by atoms with E-state index in [1.165, 1.54) is 0 Å². The molecule has 134 valence electrons. The van der Waals surface area contributed by atoms with Crippen LogP contribution in [0, 0.1) is 13.8 Å². The molecule has 0 spiro atoms. The first-order valence-corrected chi connectivity index (χ1v) is 9.56. The monoisotopic (exact) mass is 368 g/mol. The quantitative estimate of drug-likeness (QED) is 0.771. The standard InChI is InChI=1S/C19H20N4O2S/c1-11-13(18(25)21-12(2)20-11)10-17(24)23-9-5-7-15(23)19-22-14-6-3-4-8-16(14)26-19/h3-4,6,8,15H,5,7,9-10H2,1-2H3,(H,20,21,25). The normalized spacial score (nSPS) is 17.2. The van der Waals surface area contributed by atoms with E-state index < -0.39 is 0 Å². The van der Waals surface area contributed by atoms with Crippen molar-refractivity contribution in [2.75, 3.05) is 6.54 Å². The first-order chi connectivity index (χ1) is 12.5. The Bertz CT molecular complexity index is 1010. The third-order valence-electron chi connectivity index (χ3n) is 4.84. The summed E-state index contributed by atoms with van der Waals surface area (Å²) in [4.78, 5) is 38.7.